The van der Waals surface area contributed by atoms with Crippen molar-refractivity contribution in [2.24, 2.45) is 0 Å². The number of pyridine rings is 1. The molecule has 2 aromatic heterocycles. The topological polar surface area (TPSA) is 38.7 Å². The predicted octanol–water partition coefficient (Wildman–Crippen LogP) is 3.74. The van der Waals surface area contributed by atoms with E-state index in [4.69, 9.17) is 11.6 Å². The maximum absolute atomic E-state index is 5.90. The summed E-state index contributed by atoms with van der Waals surface area (Å²) in [5.41, 5.74) is 2.64. The Morgan fingerprint density at radius 3 is 2.79 bits per heavy atom. The number of halogens is 1. The van der Waals surface area contributed by atoms with Crippen LogP contribution in [0.2, 0.25) is 0 Å². The van der Waals surface area contributed by atoms with Gasteiger partial charge in [0.05, 0.1) is 11.6 Å². The molecule has 0 spiro atoms. The fraction of sp³-hybridized carbons (Fsp3) is 0.133. The lowest BCUT2D eigenvalue weighted by Gasteiger charge is -2.06. The van der Waals surface area contributed by atoms with Crippen molar-refractivity contribution in [2.45, 2.75) is 12.8 Å². The number of fused-ring (bicyclic) bond motifs is 1. The van der Waals surface area contributed by atoms with Gasteiger partial charge in [-0.05, 0) is 23.9 Å². The summed E-state index contributed by atoms with van der Waals surface area (Å²) in [4.78, 5) is 13.3. The third-order valence-corrected chi connectivity index (χ3v) is 3.34. The van der Waals surface area contributed by atoms with Gasteiger partial charge < -0.3 is 0 Å². The lowest BCUT2D eigenvalue weighted by Crippen LogP contribution is -1.98. The van der Waals surface area contributed by atoms with Crippen LogP contribution in [0, 0.1) is 6.92 Å². The van der Waals surface area contributed by atoms with E-state index in [-0.39, 0.29) is 0 Å². The van der Waals surface area contributed by atoms with Crippen molar-refractivity contribution < 1.29 is 0 Å². The second-order valence-corrected chi connectivity index (χ2v) is 4.60. The first-order chi connectivity index (χ1) is 9.29. The molecule has 0 aliphatic rings. The quantitative estimate of drug-likeness (QED) is 0.665. The highest BCUT2D eigenvalue weighted by Gasteiger charge is 2.09. The van der Waals surface area contributed by atoms with E-state index in [1.54, 1.807) is 12.4 Å². The molecule has 0 fully saturated rings. The highest BCUT2D eigenvalue weighted by atomic mass is 35.5. The molecule has 0 saturated heterocycles. The first-order valence-electron chi connectivity index (χ1n) is 6.02. The Balaban J connectivity index is 2.24. The summed E-state index contributed by atoms with van der Waals surface area (Å²) in [6.45, 7) is 1.96. The number of hydrogen-bond acceptors (Lipinski definition) is 3. The molecule has 94 valence electrons. The zero-order valence-electron chi connectivity index (χ0n) is 10.5. The van der Waals surface area contributed by atoms with E-state index in [2.05, 4.69) is 21.0 Å². The zero-order valence-corrected chi connectivity index (χ0v) is 11.2. The predicted molar refractivity (Wildman–Crippen MR) is 77.1 cm³/mol. The molecule has 1 aromatic carbocycles. The number of benzene rings is 1. The van der Waals surface area contributed by atoms with Crippen LogP contribution < -0.4 is 0 Å². The van der Waals surface area contributed by atoms with Crippen molar-refractivity contribution in [2.75, 3.05) is 0 Å². The molecule has 2 heterocycles. The summed E-state index contributed by atoms with van der Waals surface area (Å²) in [6.07, 6.45) is 3.57. The largest absolute Gasteiger partial charge is 0.252 e. The molecule has 19 heavy (non-hydrogen) atoms. The zero-order chi connectivity index (χ0) is 13.2. The van der Waals surface area contributed by atoms with Crippen LogP contribution >= 0.6 is 11.6 Å². The number of nitrogens with zero attached hydrogens (tertiary/aromatic N) is 3. The first-order valence-corrected chi connectivity index (χ1v) is 6.55. The number of aromatic nitrogens is 3. The Bertz CT molecular complexity index is 735. The minimum Gasteiger partial charge on any atom is -0.252 e. The Kier molecular flexibility index (Phi) is 3.13. The second kappa shape index (κ2) is 4.94. The minimum atomic E-state index is 0.381. The van der Waals surface area contributed by atoms with Gasteiger partial charge in [-0.15, -0.1) is 11.6 Å². The molecule has 0 saturated carbocycles. The number of alkyl halides is 1. The summed E-state index contributed by atoms with van der Waals surface area (Å²) >= 11 is 5.90. The molecule has 3 nitrogen and oxygen atoms in total. The van der Waals surface area contributed by atoms with Crippen LogP contribution in [0.25, 0.3) is 22.3 Å². The molecule has 0 unspecified atom stereocenters. The van der Waals surface area contributed by atoms with Gasteiger partial charge in [0.1, 0.15) is 5.69 Å². The van der Waals surface area contributed by atoms with E-state index >= 15 is 0 Å². The summed E-state index contributed by atoms with van der Waals surface area (Å²) < 4.78 is 0. The van der Waals surface area contributed by atoms with E-state index in [0.717, 1.165) is 27.7 Å². The molecule has 0 N–H and O–H groups in total. The molecule has 3 aromatic rings. The average molecular weight is 270 g/mol. The molecule has 0 atom stereocenters. The standard InChI is InChI=1S/C15H12ClN3/c1-10-9-18-15(19-13(10)8-16)14-12-5-3-2-4-11(12)6-7-17-14/h2-7,9H,8H2,1H3. The lowest BCUT2D eigenvalue weighted by molar-refractivity contribution is 1.04. The molecule has 0 aliphatic heterocycles. The van der Waals surface area contributed by atoms with Gasteiger partial charge in [-0.25, -0.2) is 9.97 Å². The molecule has 0 aliphatic carbocycles. The van der Waals surface area contributed by atoms with E-state index in [0.29, 0.717) is 11.7 Å². The number of hydrogen-bond donors (Lipinski definition) is 0. The third-order valence-electron chi connectivity index (χ3n) is 3.09. The summed E-state index contributed by atoms with van der Waals surface area (Å²) in [5, 5.41) is 2.18. The maximum atomic E-state index is 5.90. The molecule has 3 rings (SSSR count). The number of rotatable bonds is 2. The van der Waals surface area contributed by atoms with Crippen molar-refractivity contribution in [1.82, 2.24) is 15.0 Å². The Hall–Kier alpha value is -2.00. The minimum absolute atomic E-state index is 0.381. The van der Waals surface area contributed by atoms with Gasteiger partial charge in [-0.3, -0.25) is 4.98 Å². The highest BCUT2D eigenvalue weighted by molar-refractivity contribution is 6.17. The van der Waals surface area contributed by atoms with Gasteiger partial charge in [0.25, 0.3) is 0 Å². The van der Waals surface area contributed by atoms with E-state index in [9.17, 15) is 0 Å². The number of aryl methyl sites for hydroxylation is 1. The fourth-order valence-corrected chi connectivity index (χ4v) is 2.30. The average Bonchev–Trinajstić information content (AvgIpc) is 2.47. The molecule has 0 radical (unpaired) electrons. The van der Waals surface area contributed by atoms with Gasteiger partial charge >= 0.3 is 0 Å². The SMILES string of the molecule is Cc1cnc(-c2nccc3ccccc23)nc1CCl. The van der Waals surface area contributed by atoms with Gasteiger partial charge in [0.15, 0.2) is 5.82 Å². The van der Waals surface area contributed by atoms with Gasteiger partial charge in [0.2, 0.25) is 0 Å². The van der Waals surface area contributed by atoms with Gasteiger partial charge in [-0.2, -0.15) is 0 Å². The fourth-order valence-electron chi connectivity index (χ4n) is 2.02. The summed E-state index contributed by atoms with van der Waals surface area (Å²) in [6, 6.07) is 10.1. The third kappa shape index (κ3) is 2.17. The Morgan fingerprint density at radius 1 is 1.11 bits per heavy atom. The summed E-state index contributed by atoms with van der Waals surface area (Å²) in [7, 11) is 0. The van der Waals surface area contributed by atoms with Gasteiger partial charge in [0, 0.05) is 17.8 Å². The van der Waals surface area contributed by atoms with Crippen LogP contribution in [0.3, 0.4) is 0 Å². The lowest BCUT2D eigenvalue weighted by atomic mass is 10.1. The van der Waals surface area contributed by atoms with Crippen LogP contribution in [0.5, 0.6) is 0 Å². The van der Waals surface area contributed by atoms with Crippen molar-refractivity contribution in [3.63, 3.8) is 0 Å². The van der Waals surface area contributed by atoms with Crippen molar-refractivity contribution in [3.8, 4) is 11.5 Å². The molecule has 0 bridgehead atoms. The molecular weight excluding hydrogens is 258 g/mol. The van der Waals surface area contributed by atoms with Crippen LogP contribution in [-0.4, -0.2) is 15.0 Å². The van der Waals surface area contributed by atoms with Crippen molar-refractivity contribution in [3.05, 3.63) is 54.0 Å². The van der Waals surface area contributed by atoms with Gasteiger partial charge in [-0.1, -0.05) is 24.3 Å². The smallest absolute Gasteiger partial charge is 0.179 e. The monoisotopic (exact) mass is 269 g/mol. The van der Waals surface area contributed by atoms with Crippen LogP contribution in [0.4, 0.5) is 0 Å². The van der Waals surface area contributed by atoms with Crippen LogP contribution in [0.15, 0.2) is 42.7 Å². The van der Waals surface area contributed by atoms with E-state index in [1.807, 2.05) is 31.2 Å². The summed E-state index contributed by atoms with van der Waals surface area (Å²) in [5.74, 6) is 1.00. The maximum Gasteiger partial charge on any atom is 0.179 e. The van der Waals surface area contributed by atoms with Crippen LogP contribution in [0.1, 0.15) is 11.3 Å². The van der Waals surface area contributed by atoms with Crippen molar-refractivity contribution in [1.29, 1.82) is 0 Å². The molecule has 0 amide bonds. The van der Waals surface area contributed by atoms with Crippen LogP contribution in [-0.2, 0) is 5.88 Å². The Labute approximate surface area is 116 Å². The van der Waals surface area contributed by atoms with Crippen molar-refractivity contribution >= 4 is 22.4 Å². The molecule has 4 heteroatoms. The second-order valence-electron chi connectivity index (χ2n) is 4.34. The molecular formula is C15H12ClN3. The highest BCUT2D eigenvalue weighted by Crippen LogP contribution is 2.24. The van der Waals surface area contributed by atoms with E-state index < -0.39 is 0 Å². The Morgan fingerprint density at radius 2 is 1.95 bits per heavy atom. The van der Waals surface area contributed by atoms with E-state index in [1.165, 1.54) is 0 Å². The normalized spacial score (nSPS) is 10.8. The first kappa shape index (κ1) is 12.1.